The van der Waals surface area contributed by atoms with Crippen molar-refractivity contribution in [2.45, 2.75) is 25.2 Å². The van der Waals surface area contributed by atoms with Crippen LogP contribution >= 0.6 is 34.7 Å². The first-order valence-corrected chi connectivity index (χ1v) is 8.11. The van der Waals surface area contributed by atoms with Crippen molar-refractivity contribution >= 4 is 45.6 Å². The van der Waals surface area contributed by atoms with Gasteiger partial charge in [-0.25, -0.2) is 0 Å². The predicted octanol–water partition coefficient (Wildman–Crippen LogP) is 4.56. The standard InChI is InChI=1S/C14H15Cl2N3S/c15-10-4-3-8(11(16)7-10)5-6-18-14-12(9-1-2-9)13(17)19-20-14/h3-4,7,9,18H,1-2,5-6H2,(H2,17,19). The SMILES string of the molecule is Nc1nsc(NCCc2ccc(Cl)cc2Cl)c1C1CC1. The molecule has 2 aromatic rings. The van der Waals surface area contributed by atoms with Gasteiger partial charge in [0.1, 0.15) is 10.8 Å². The Bertz CT molecular complexity index is 623. The van der Waals surface area contributed by atoms with Gasteiger partial charge in [-0.1, -0.05) is 29.3 Å². The number of benzene rings is 1. The van der Waals surface area contributed by atoms with Gasteiger partial charge in [-0.05, 0) is 54.4 Å². The van der Waals surface area contributed by atoms with Crippen LogP contribution in [0.4, 0.5) is 10.8 Å². The number of anilines is 2. The van der Waals surface area contributed by atoms with Gasteiger partial charge >= 0.3 is 0 Å². The number of nitrogens with zero attached hydrogens (tertiary/aromatic N) is 1. The molecule has 0 amide bonds. The topological polar surface area (TPSA) is 50.9 Å². The molecule has 3 nitrogen and oxygen atoms in total. The van der Waals surface area contributed by atoms with Crippen molar-refractivity contribution in [3.63, 3.8) is 0 Å². The van der Waals surface area contributed by atoms with E-state index in [-0.39, 0.29) is 0 Å². The van der Waals surface area contributed by atoms with Gasteiger partial charge in [-0.2, -0.15) is 4.37 Å². The number of hydrogen-bond donors (Lipinski definition) is 2. The highest BCUT2D eigenvalue weighted by Crippen LogP contribution is 2.47. The predicted molar refractivity (Wildman–Crippen MR) is 87.2 cm³/mol. The molecule has 1 aromatic heterocycles. The molecule has 0 atom stereocenters. The van der Waals surface area contributed by atoms with Crippen LogP contribution in [0.2, 0.25) is 10.0 Å². The first-order chi connectivity index (χ1) is 9.65. The van der Waals surface area contributed by atoms with Crippen molar-refractivity contribution in [1.29, 1.82) is 0 Å². The van der Waals surface area contributed by atoms with Crippen molar-refractivity contribution < 1.29 is 0 Å². The van der Waals surface area contributed by atoms with Gasteiger partial charge in [0.2, 0.25) is 0 Å². The molecule has 0 spiro atoms. The Labute approximate surface area is 132 Å². The lowest BCUT2D eigenvalue weighted by Gasteiger charge is -2.08. The molecule has 1 aliphatic carbocycles. The number of halogens is 2. The second kappa shape index (κ2) is 5.80. The van der Waals surface area contributed by atoms with Crippen molar-refractivity contribution in [2.75, 3.05) is 17.6 Å². The molecule has 6 heteroatoms. The second-order valence-electron chi connectivity index (χ2n) is 5.00. The van der Waals surface area contributed by atoms with Crippen LogP contribution in [-0.2, 0) is 6.42 Å². The van der Waals surface area contributed by atoms with Gasteiger partial charge < -0.3 is 11.1 Å². The van der Waals surface area contributed by atoms with E-state index >= 15 is 0 Å². The lowest BCUT2D eigenvalue weighted by molar-refractivity contribution is 1.02. The normalized spacial score (nSPS) is 14.5. The highest BCUT2D eigenvalue weighted by molar-refractivity contribution is 7.10. The fourth-order valence-electron chi connectivity index (χ4n) is 2.24. The highest BCUT2D eigenvalue weighted by Gasteiger charge is 2.30. The number of rotatable bonds is 5. The Morgan fingerprint density at radius 1 is 1.35 bits per heavy atom. The molecule has 3 rings (SSSR count). The maximum atomic E-state index is 6.17. The van der Waals surface area contributed by atoms with Crippen molar-refractivity contribution in [3.05, 3.63) is 39.4 Å². The minimum Gasteiger partial charge on any atom is -0.383 e. The molecule has 20 heavy (non-hydrogen) atoms. The van der Waals surface area contributed by atoms with Crippen LogP contribution in [0.3, 0.4) is 0 Å². The van der Waals surface area contributed by atoms with Gasteiger partial charge in [0.15, 0.2) is 0 Å². The fourth-order valence-corrected chi connectivity index (χ4v) is 3.57. The molecule has 0 aliphatic heterocycles. The maximum Gasteiger partial charge on any atom is 0.142 e. The molecule has 3 N–H and O–H groups in total. The maximum absolute atomic E-state index is 6.17. The molecule has 1 aliphatic rings. The molecule has 0 unspecified atom stereocenters. The van der Waals surface area contributed by atoms with Gasteiger partial charge in [0, 0.05) is 22.2 Å². The van der Waals surface area contributed by atoms with E-state index in [0.717, 1.165) is 23.5 Å². The first kappa shape index (κ1) is 14.0. The van der Waals surface area contributed by atoms with E-state index in [0.29, 0.717) is 21.8 Å². The van der Waals surface area contributed by atoms with E-state index in [9.17, 15) is 0 Å². The van der Waals surface area contributed by atoms with Gasteiger partial charge in [-0.3, -0.25) is 0 Å². The number of nitrogen functional groups attached to an aromatic ring is 1. The lowest BCUT2D eigenvalue weighted by Crippen LogP contribution is -2.05. The molecule has 106 valence electrons. The number of nitrogens with two attached hydrogens (primary N) is 1. The zero-order chi connectivity index (χ0) is 14.1. The fraction of sp³-hybridized carbons (Fsp3) is 0.357. The van der Waals surface area contributed by atoms with Crippen LogP contribution in [0.5, 0.6) is 0 Å². The summed E-state index contributed by atoms with van der Waals surface area (Å²) >= 11 is 13.5. The van der Waals surface area contributed by atoms with Crippen LogP contribution in [0.15, 0.2) is 18.2 Å². The van der Waals surface area contributed by atoms with E-state index in [1.165, 1.54) is 29.9 Å². The van der Waals surface area contributed by atoms with E-state index < -0.39 is 0 Å². The quantitative estimate of drug-likeness (QED) is 0.846. The minimum atomic E-state index is 0.607. The van der Waals surface area contributed by atoms with E-state index in [1.54, 1.807) is 6.07 Å². The third kappa shape index (κ3) is 3.03. The Morgan fingerprint density at radius 3 is 2.85 bits per heavy atom. The average molecular weight is 328 g/mol. The number of aromatic nitrogens is 1. The third-order valence-corrected chi connectivity index (χ3v) is 4.86. The Morgan fingerprint density at radius 2 is 2.15 bits per heavy atom. The van der Waals surface area contributed by atoms with Crippen LogP contribution in [0.1, 0.15) is 29.9 Å². The summed E-state index contributed by atoms with van der Waals surface area (Å²) in [5.74, 6) is 1.29. The first-order valence-electron chi connectivity index (χ1n) is 6.58. The molecular formula is C14H15Cl2N3S. The van der Waals surface area contributed by atoms with Gasteiger partial charge in [-0.15, -0.1) is 0 Å². The molecule has 0 radical (unpaired) electrons. The third-order valence-electron chi connectivity index (χ3n) is 3.44. The Balaban J connectivity index is 1.62. The largest absolute Gasteiger partial charge is 0.383 e. The van der Waals surface area contributed by atoms with Gasteiger partial charge in [0.25, 0.3) is 0 Å². The smallest absolute Gasteiger partial charge is 0.142 e. The summed E-state index contributed by atoms with van der Waals surface area (Å²) in [6, 6.07) is 5.61. The molecule has 1 fully saturated rings. The summed E-state index contributed by atoms with van der Waals surface area (Å²) in [5, 5.41) is 5.91. The second-order valence-corrected chi connectivity index (χ2v) is 6.61. The van der Waals surface area contributed by atoms with Gasteiger partial charge in [0.05, 0.1) is 0 Å². The zero-order valence-electron chi connectivity index (χ0n) is 10.8. The van der Waals surface area contributed by atoms with Crippen LogP contribution in [0.25, 0.3) is 0 Å². The van der Waals surface area contributed by atoms with Crippen LogP contribution < -0.4 is 11.1 Å². The summed E-state index contributed by atoms with van der Waals surface area (Å²) in [6.07, 6.45) is 3.29. The minimum absolute atomic E-state index is 0.607. The lowest BCUT2D eigenvalue weighted by atomic mass is 10.1. The highest BCUT2D eigenvalue weighted by atomic mass is 35.5. The summed E-state index contributed by atoms with van der Waals surface area (Å²) < 4.78 is 4.25. The molecule has 1 heterocycles. The molecule has 1 saturated carbocycles. The van der Waals surface area contributed by atoms with Crippen molar-refractivity contribution in [2.24, 2.45) is 0 Å². The van der Waals surface area contributed by atoms with E-state index in [4.69, 9.17) is 28.9 Å². The monoisotopic (exact) mass is 327 g/mol. The summed E-state index contributed by atoms with van der Waals surface area (Å²) in [7, 11) is 0. The summed E-state index contributed by atoms with van der Waals surface area (Å²) in [4.78, 5) is 0. The Kier molecular flexibility index (Phi) is 4.06. The summed E-state index contributed by atoms with van der Waals surface area (Å²) in [5.41, 5.74) is 8.23. The van der Waals surface area contributed by atoms with Crippen molar-refractivity contribution in [3.8, 4) is 0 Å². The Hall–Kier alpha value is -0.970. The van der Waals surface area contributed by atoms with Crippen LogP contribution in [-0.4, -0.2) is 10.9 Å². The molecule has 0 saturated heterocycles. The van der Waals surface area contributed by atoms with E-state index in [1.807, 2.05) is 12.1 Å². The molecule has 0 bridgehead atoms. The van der Waals surface area contributed by atoms with Crippen LogP contribution in [0, 0.1) is 0 Å². The average Bonchev–Trinajstić information content (AvgIpc) is 3.17. The number of hydrogen-bond acceptors (Lipinski definition) is 4. The number of nitrogens with one attached hydrogen (secondary N) is 1. The van der Waals surface area contributed by atoms with E-state index in [2.05, 4.69) is 9.69 Å². The molecule has 1 aromatic carbocycles. The summed E-state index contributed by atoms with van der Waals surface area (Å²) in [6.45, 7) is 0.808. The van der Waals surface area contributed by atoms with Crippen molar-refractivity contribution in [1.82, 2.24) is 4.37 Å². The zero-order valence-corrected chi connectivity index (χ0v) is 13.2. The molecular weight excluding hydrogens is 313 g/mol.